The Bertz CT molecular complexity index is 1170. The van der Waals surface area contributed by atoms with E-state index in [1.54, 1.807) is 17.1 Å². The first-order chi connectivity index (χ1) is 13.9. The number of amides is 1. The molecule has 1 N–H and O–H groups in total. The first kappa shape index (κ1) is 18.9. The van der Waals surface area contributed by atoms with Crippen molar-refractivity contribution >= 4 is 22.7 Å². The van der Waals surface area contributed by atoms with Gasteiger partial charge in [0, 0.05) is 23.2 Å². The van der Waals surface area contributed by atoms with Crippen LogP contribution in [0.1, 0.15) is 42.1 Å². The van der Waals surface area contributed by atoms with Gasteiger partial charge in [-0.05, 0) is 55.2 Å². The number of rotatable bonds is 5. The Kier molecular flexibility index (Phi) is 4.92. The van der Waals surface area contributed by atoms with Gasteiger partial charge in [0.1, 0.15) is 11.4 Å². The average Bonchev–Trinajstić information content (AvgIpc) is 3.24. The normalized spacial score (nSPS) is 11.3. The van der Waals surface area contributed by atoms with Crippen molar-refractivity contribution in [2.75, 3.05) is 5.32 Å². The van der Waals surface area contributed by atoms with E-state index in [9.17, 15) is 4.79 Å². The van der Waals surface area contributed by atoms with Crippen LogP contribution in [0.15, 0.2) is 53.3 Å². The second-order valence-corrected chi connectivity index (χ2v) is 7.62. The third-order valence-electron chi connectivity index (χ3n) is 4.98. The van der Waals surface area contributed by atoms with E-state index >= 15 is 0 Å². The van der Waals surface area contributed by atoms with E-state index in [4.69, 9.17) is 4.42 Å². The standard InChI is InChI=1S/C23H24N4O2/c1-14(2)18-12-19-17(13-29-20(19)9-15(18)3)11-23(28)25-22-10-16(4)26-27(22)21-7-5-6-8-24-21/h5-10,12-14H,11H2,1-4H3,(H,25,28). The molecule has 0 spiro atoms. The number of hydrogen-bond donors (Lipinski definition) is 1. The maximum Gasteiger partial charge on any atom is 0.230 e. The van der Waals surface area contributed by atoms with E-state index in [2.05, 4.69) is 42.2 Å². The summed E-state index contributed by atoms with van der Waals surface area (Å²) in [6.45, 7) is 8.31. The lowest BCUT2D eigenvalue weighted by atomic mass is 9.95. The number of nitrogens with one attached hydrogen (secondary N) is 1. The van der Waals surface area contributed by atoms with Crippen molar-refractivity contribution < 1.29 is 9.21 Å². The fraction of sp³-hybridized carbons (Fsp3) is 0.261. The van der Waals surface area contributed by atoms with Gasteiger partial charge in [0.15, 0.2) is 5.82 Å². The number of carbonyl (C=O) groups is 1. The van der Waals surface area contributed by atoms with Crippen LogP contribution < -0.4 is 5.32 Å². The molecule has 3 aromatic heterocycles. The topological polar surface area (TPSA) is 73.0 Å². The van der Waals surface area contributed by atoms with Gasteiger partial charge in [-0.3, -0.25) is 4.79 Å². The van der Waals surface area contributed by atoms with Crippen molar-refractivity contribution in [2.24, 2.45) is 0 Å². The molecule has 0 atom stereocenters. The summed E-state index contributed by atoms with van der Waals surface area (Å²) in [6.07, 6.45) is 3.60. The van der Waals surface area contributed by atoms with Crippen molar-refractivity contribution in [1.82, 2.24) is 14.8 Å². The summed E-state index contributed by atoms with van der Waals surface area (Å²) in [6, 6.07) is 11.6. The molecule has 0 fully saturated rings. The Morgan fingerprint density at radius 3 is 2.76 bits per heavy atom. The lowest BCUT2D eigenvalue weighted by Crippen LogP contribution is -2.17. The van der Waals surface area contributed by atoms with E-state index in [1.165, 1.54) is 11.1 Å². The van der Waals surface area contributed by atoms with Gasteiger partial charge in [0.2, 0.25) is 5.91 Å². The molecule has 0 unspecified atom stereocenters. The van der Waals surface area contributed by atoms with Gasteiger partial charge in [0.25, 0.3) is 0 Å². The summed E-state index contributed by atoms with van der Waals surface area (Å²) >= 11 is 0. The SMILES string of the molecule is Cc1cc(NC(=O)Cc2coc3cc(C)c(C(C)C)cc23)n(-c2ccccn2)n1. The van der Waals surface area contributed by atoms with E-state index < -0.39 is 0 Å². The molecule has 0 aliphatic carbocycles. The number of hydrogen-bond acceptors (Lipinski definition) is 4. The van der Waals surface area contributed by atoms with E-state index in [-0.39, 0.29) is 12.3 Å². The molecular weight excluding hydrogens is 364 g/mol. The predicted octanol–water partition coefficient (Wildman–Crippen LogP) is 4.93. The van der Waals surface area contributed by atoms with Gasteiger partial charge in [-0.1, -0.05) is 19.9 Å². The summed E-state index contributed by atoms with van der Waals surface area (Å²) in [5.74, 6) is 1.53. The third-order valence-corrected chi connectivity index (χ3v) is 4.98. The fourth-order valence-corrected chi connectivity index (χ4v) is 3.61. The van der Waals surface area contributed by atoms with Crippen molar-refractivity contribution in [1.29, 1.82) is 0 Å². The molecule has 6 heteroatoms. The smallest absolute Gasteiger partial charge is 0.230 e. The summed E-state index contributed by atoms with van der Waals surface area (Å²) < 4.78 is 7.35. The Hall–Kier alpha value is -3.41. The Labute approximate surface area is 169 Å². The highest BCUT2D eigenvalue weighted by atomic mass is 16.3. The van der Waals surface area contributed by atoms with Gasteiger partial charge >= 0.3 is 0 Å². The van der Waals surface area contributed by atoms with Crippen molar-refractivity contribution in [2.45, 2.75) is 40.0 Å². The molecule has 29 heavy (non-hydrogen) atoms. The van der Waals surface area contributed by atoms with Crippen molar-refractivity contribution in [3.63, 3.8) is 0 Å². The van der Waals surface area contributed by atoms with Crippen LogP contribution in [0.5, 0.6) is 0 Å². The van der Waals surface area contributed by atoms with Crippen LogP contribution in [0.25, 0.3) is 16.8 Å². The summed E-state index contributed by atoms with van der Waals surface area (Å²) in [4.78, 5) is 17.1. The summed E-state index contributed by atoms with van der Waals surface area (Å²) in [7, 11) is 0. The van der Waals surface area contributed by atoms with Gasteiger partial charge in [-0.2, -0.15) is 9.78 Å². The van der Waals surface area contributed by atoms with Crippen molar-refractivity contribution in [3.05, 3.63) is 71.2 Å². The lowest BCUT2D eigenvalue weighted by molar-refractivity contribution is -0.115. The Morgan fingerprint density at radius 1 is 1.21 bits per heavy atom. The highest BCUT2D eigenvalue weighted by Crippen LogP contribution is 2.29. The summed E-state index contributed by atoms with van der Waals surface area (Å²) in [5, 5.41) is 8.39. The molecule has 148 valence electrons. The Balaban J connectivity index is 1.59. The quantitative estimate of drug-likeness (QED) is 0.526. The zero-order valence-electron chi connectivity index (χ0n) is 17.1. The van der Waals surface area contributed by atoms with Gasteiger partial charge in [0.05, 0.1) is 18.4 Å². The molecule has 0 aliphatic rings. The molecule has 0 bridgehead atoms. The highest BCUT2D eigenvalue weighted by Gasteiger charge is 2.16. The zero-order chi connectivity index (χ0) is 20.5. The maximum absolute atomic E-state index is 12.8. The first-order valence-electron chi connectivity index (χ1n) is 9.71. The zero-order valence-corrected chi connectivity index (χ0v) is 17.1. The molecule has 0 saturated carbocycles. The molecule has 6 nitrogen and oxygen atoms in total. The van der Waals surface area contributed by atoms with Crippen LogP contribution in [0.3, 0.4) is 0 Å². The van der Waals surface area contributed by atoms with Gasteiger partial charge in [-0.25, -0.2) is 4.98 Å². The number of aryl methyl sites for hydroxylation is 2. The summed E-state index contributed by atoms with van der Waals surface area (Å²) in [5.41, 5.74) is 4.96. The fourth-order valence-electron chi connectivity index (χ4n) is 3.61. The molecule has 1 amide bonds. The largest absolute Gasteiger partial charge is 0.464 e. The van der Waals surface area contributed by atoms with Crippen LogP contribution in [0, 0.1) is 13.8 Å². The number of anilines is 1. The molecule has 4 aromatic rings. The van der Waals surface area contributed by atoms with E-state index in [1.807, 2.05) is 37.3 Å². The van der Waals surface area contributed by atoms with Crippen LogP contribution in [-0.2, 0) is 11.2 Å². The second kappa shape index (κ2) is 7.54. The predicted molar refractivity (Wildman–Crippen MR) is 113 cm³/mol. The van der Waals surface area contributed by atoms with Crippen LogP contribution >= 0.6 is 0 Å². The molecular formula is C23H24N4O2. The number of furan rings is 1. The van der Waals surface area contributed by atoms with Gasteiger partial charge < -0.3 is 9.73 Å². The van der Waals surface area contributed by atoms with E-state index in [0.29, 0.717) is 17.6 Å². The molecule has 3 heterocycles. The number of aromatic nitrogens is 3. The number of carbonyl (C=O) groups excluding carboxylic acids is 1. The minimum atomic E-state index is -0.128. The molecule has 0 saturated heterocycles. The van der Waals surface area contributed by atoms with Crippen LogP contribution in [-0.4, -0.2) is 20.7 Å². The minimum Gasteiger partial charge on any atom is -0.464 e. The first-order valence-corrected chi connectivity index (χ1v) is 9.71. The number of benzene rings is 1. The minimum absolute atomic E-state index is 0.128. The second-order valence-electron chi connectivity index (χ2n) is 7.62. The maximum atomic E-state index is 12.8. The number of pyridine rings is 1. The molecule has 0 aliphatic heterocycles. The van der Waals surface area contributed by atoms with Crippen LogP contribution in [0.2, 0.25) is 0 Å². The Morgan fingerprint density at radius 2 is 2.03 bits per heavy atom. The number of fused-ring (bicyclic) bond motifs is 1. The monoisotopic (exact) mass is 388 g/mol. The van der Waals surface area contributed by atoms with Gasteiger partial charge in [-0.15, -0.1) is 0 Å². The van der Waals surface area contributed by atoms with E-state index in [0.717, 1.165) is 22.2 Å². The number of nitrogens with zero attached hydrogens (tertiary/aromatic N) is 3. The van der Waals surface area contributed by atoms with Crippen LogP contribution in [0.4, 0.5) is 5.82 Å². The highest BCUT2D eigenvalue weighted by molar-refractivity contribution is 5.95. The molecule has 1 aromatic carbocycles. The lowest BCUT2D eigenvalue weighted by Gasteiger charge is -2.10. The van der Waals surface area contributed by atoms with Crippen molar-refractivity contribution in [3.8, 4) is 5.82 Å². The third kappa shape index (κ3) is 3.78. The average molecular weight is 388 g/mol. The molecule has 0 radical (unpaired) electrons. The molecule has 4 rings (SSSR count).